The number of carbonyl (C=O) groups excluding carboxylic acids is 1. The summed E-state index contributed by atoms with van der Waals surface area (Å²) < 4.78 is 7.26. The number of thioether (sulfide) groups is 1. The van der Waals surface area contributed by atoms with Gasteiger partial charge >= 0.3 is 0 Å². The van der Waals surface area contributed by atoms with Gasteiger partial charge in [0.15, 0.2) is 11.0 Å². The zero-order chi connectivity index (χ0) is 20.1. The average Bonchev–Trinajstić information content (AvgIpc) is 3.10. The van der Waals surface area contributed by atoms with Gasteiger partial charge in [0.2, 0.25) is 5.91 Å². The largest absolute Gasteiger partial charge is 0.495 e. The minimum absolute atomic E-state index is 0.135. The van der Waals surface area contributed by atoms with Crippen molar-refractivity contribution in [1.29, 1.82) is 0 Å². The van der Waals surface area contributed by atoms with Crippen molar-refractivity contribution in [3.05, 3.63) is 53.6 Å². The molecule has 0 fully saturated rings. The first kappa shape index (κ1) is 20.2. The predicted molar refractivity (Wildman–Crippen MR) is 113 cm³/mol. The van der Waals surface area contributed by atoms with E-state index in [1.807, 2.05) is 54.8 Å². The average molecular weight is 417 g/mol. The van der Waals surface area contributed by atoms with Crippen LogP contribution in [0.25, 0.3) is 11.4 Å². The first-order valence-corrected chi connectivity index (χ1v) is 10.1. The van der Waals surface area contributed by atoms with Crippen LogP contribution < -0.4 is 10.1 Å². The van der Waals surface area contributed by atoms with Crippen molar-refractivity contribution in [1.82, 2.24) is 14.8 Å². The Labute approximate surface area is 173 Å². The molecular weight excluding hydrogens is 396 g/mol. The molecular formula is C20H21ClN4O2S. The summed E-state index contributed by atoms with van der Waals surface area (Å²) in [6.07, 6.45) is 0. The Balaban J connectivity index is 1.77. The van der Waals surface area contributed by atoms with Crippen molar-refractivity contribution in [2.24, 2.45) is 0 Å². The lowest BCUT2D eigenvalue weighted by molar-refractivity contribution is -0.115. The van der Waals surface area contributed by atoms with Crippen LogP contribution in [0.2, 0.25) is 5.02 Å². The number of benzene rings is 2. The van der Waals surface area contributed by atoms with Gasteiger partial charge < -0.3 is 14.6 Å². The summed E-state index contributed by atoms with van der Waals surface area (Å²) in [6, 6.07) is 14.8. The molecule has 3 aromatic rings. The lowest BCUT2D eigenvalue weighted by Crippen LogP contribution is -2.23. The number of ether oxygens (including phenoxy) is 1. The first-order chi connectivity index (χ1) is 13.5. The second kappa shape index (κ2) is 9.12. The summed E-state index contributed by atoms with van der Waals surface area (Å²) >= 11 is 7.46. The molecule has 28 heavy (non-hydrogen) atoms. The van der Waals surface area contributed by atoms with E-state index in [9.17, 15) is 4.79 Å². The van der Waals surface area contributed by atoms with E-state index in [1.54, 1.807) is 19.2 Å². The number of hydrogen-bond donors (Lipinski definition) is 1. The highest BCUT2D eigenvalue weighted by Crippen LogP contribution is 2.29. The van der Waals surface area contributed by atoms with Crippen molar-refractivity contribution in [2.45, 2.75) is 30.8 Å². The standard InChI is InChI=1S/C20H21ClN4O2S/c1-4-25-18(14-8-7-9-15(21)12-14)23-24-20(25)28-13(2)19(26)22-16-10-5-6-11-17(16)27-3/h5-13H,4H2,1-3H3,(H,22,26)/t13-/m1/s1. The highest BCUT2D eigenvalue weighted by molar-refractivity contribution is 8.00. The Hall–Kier alpha value is -2.51. The third-order valence-electron chi connectivity index (χ3n) is 4.13. The molecule has 0 spiro atoms. The molecule has 0 bridgehead atoms. The van der Waals surface area contributed by atoms with E-state index >= 15 is 0 Å². The fourth-order valence-electron chi connectivity index (χ4n) is 2.70. The summed E-state index contributed by atoms with van der Waals surface area (Å²) in [5.41, 5.74) is 1.53. The fourth-order valence-corrected chi connectivity index (χ4v) is 3.80. The molecule has 6 nitrogen and oxygen atoms in total. The smallest absolute Gasteiger partial charge is 0.237 e. The molecule has 0 aliphatic carbocycles. The normalized spacial score (nSPS) is 11.9. The number of carbonyl (C=O) groups is 1. The molecule has 146 valence electrons. The zero-order valence-corrected chi connectivity index (χ0v) is 17.4. The number of methoxy groups -OCH3 is 1. The molecule has 1 N–H and O–H groups in total. The Morgan fingerprint density at radius 2 is 2.04 bits per heavy atom. The molecule has 1 aromatic heterocycles. The van der Waals surface area contributed by atoms with Crippen LogP contribution in [0.15, 0.2) is 53.7 Å². The van der Waals surface area contributed by atoms with Crippen molar-refractivity contribution in [3.63, 3.8) is 0 Å². The number of anilines is 1. The van der Waals surface area contributed by atoms with Crippen molar-refractivity contribution >= 4 is 35.0 Å². The molecule has 1 amide bonds. The Kier molecular flexibility index (Phi) is 6.59. The van der Waals surface area contributed by atoms with Crippen molar-refractivity contribution in [2.75, 3.05) is 12.4 Å². The monoisotopic (exact) mass is 416 g/mol. The van der Waals surface area contributed by atoms with Crippen LogP contribution in [-0.4, -0.2) is 33.0 Å². The lowest BCUT2D eigenvalue weighted by Gasteiger charge is -2.14. The van der Waals surface area contributed by atoms with Crippen LogP contribution in [0.4, 0.5) is 5.69 Å². The van der Waals surface area contributed by atoms with E-state index in [4.69, 9.17) is 16.3 Å². The van der Waals surface area contributed by atoms with Gasteiger partial charge in [0, 0.05) is 17.1 Å². The van der Waals surface area contributed by atoms with Crippen LogP contribution in [0, 0.1) is 0 Å². The van der Waals surface area contributed by atoms with Crippen LogP contribution in [0.5, 0.6) is 5.75 Å². The second-order valence-corrected chi connectivity index (χ2v) is 7.75. The van der Waals surface area contributed by atoms with Gasteiger partial charge in [-0.25, -0.2) is 0 Å². The third kappa shape index (κ3) is 4.48. The number of rotatable bonds is 7. The Morgan fingerprint density at radius 1 is 1.25 bits per heavy atom. The van der Waals surface area contributed by atoms with E-state index in [1.165, 1.54) is 11.8 Å². The zero-order valence-electron chi connectivity index (χ0n) is 15.8. The molecule has 1 atom stereocenters. The summed E-state index contributed by atoms with van der Waals surface area (Å²) in [4.78, 5) is 12.6. The fraction of sp³-hybridized carbons (Fsp3) is 0.250. The maximum absolute atomic E-state index is 12.6. The SMILES string of the molecule is CCn1c(S[C@H](C)C(=O)Nc2ccccc2OC)nnc1-c1cccc(Cl)c1. The van der Waals surface area contributed by atoms with Gasteiger partial charge in [0.05, 0.1) is 18.0 Å². The molecule has 0 saturated carbocycles. The number of para-hydroxylation sites is 2. The second-order valence-electron chi connectivity index (χ2n) is 6.01. The summed E-state index contributed by atoms with van der Waals surface area (Å²) in [5.74, 6) is 1.21. The summed E-state index contributed by atoms with van der Waals surface area (Å²) in [7, 11) is 1.57. The van der Waals surface area contributed by atoms with E-state index in [0.29, 0.717) is 28.2 Å². The maximum Gasteiger partial charge on any atom is 0.237 e. The Bertz CT molecular complexity index is 976. The van der Waals surface area contributed by atoms with Crippen molar-refractivity contribution in [3.8, 4) is 17.1 Å². The first-order valence-electron chi connectivity index (χ1n) is 8.83. The number of aromatic nitrogens is 3. The molecule has 0 radical (unpaired) electrons. The van der Waals surface area contributed by atoms with Gasteiger partial charge in [0.25, 0.3) is 0 Å². The minimum Gasteiger partial charge on any atom is -0.495 e. The van der Waals surface area contributed by atoms with Crippen molar-refractivity contribution < 1.29 is 9.53 Å². The number of nitrogens with one attached hydrogen (secondary N) is 1. The minimum atomic E-state index is -0.369. The molecule has 0 aliphatic heterocycles. The van der Waals surface area contributed by atoms with Gasteiger partial charge in [-0.2, -0.15) is 0 Å². The molecule has 0 unspecified atom stereocenters. The highest BCUT2D eigenvalue weighted by Gasteiger charge is 2.21. The number of hydrogen-bond acceptors (Lipinski definition) is 5. The van der Waals surface area contributed by atoms with Crippen LogP contribution >= 0.6 is 23.4 Å². The van der Waals surface area contributed by atoms with E-state index in [-0.39, 0.29) is 11.2 Å². The molecule has 8 heteroatoms. The lowest BCUT2D eigenvalue weighted by atomic mass is 10.2. The Morgan fingerprint density at radius 3 is 2.75 bits per heavy atom. The van der Waals surface area contributed by atoms with Crippen LogP contribution in [-0.2, 0) is 11.3 Å². The van der Waals surface area contributed by atoms with Gasteiger partial charge in [-0.3, -0.25) is 4.79 Å². The topological polar surface area (TPSA) is 69.0 Å². The number of halogens is 1. The van der Waals surface area contributed by atoms with E-state index in [2.05, 4.69) is 15.5 Å². The molecule has 1 heterocycles. The van der Waals surface area contributed by atoms with Gasteiger partial charge in [-0.15, -0.1) is 10.2 Å². The third-order valence-corrected chi connectivity index (χ3v) is 5.45. The molecule has 2 aromatic carbocycles. The summed E-state index contributed by atoms with van der Waals surface area (Å²) in [5, 5.41) is 12.4. The van der Waals surface area contributed by atoms with E-state index < -0.39 is 0 Å². The molecule has 3 rings (SSSR count). The predicted octanol–water partition coefficient (Wildman–Crippen LogP) is 4.75. The van der Waals surface area contributed by atoms with Crippen LogP contribution in [0.1, 0.15) is 13.8 Å². The van der Waals surface area contributed by atoms with Gasteiger partial charge in [-0.05, 0) is 38.1 Å². The summed E-state index contributed by atoms with van der Waals surface area (Å²) in [6.45, 7) is 4.53. The quantitative estimate of drug-likeness (QED) is 0.563. The van der Waals surface area contributed by atoms with Crippen LogP contribution in [0.3, 0.4) is 0 Å². The molecule has 0 aliphatic rings. The maximum atomic E-state index is 12.6. The van der Waals surface area contributed by atoms with Gasteiger partial charge in [0.1, 0.15) is 5.75 Å². The van der Waals surface area contributed by atoms with Gasteiger partial charge in [-0.1, -0.05) is 47.6 Å². The number of amides is 1. The number of nitrogens with zero attached hydrogens (tertiary/aromatic N) is 3. The highest BCUT2D eigenvalue weighted by atomic mass is 35.5. The van der Waals surface area contributed by atoms with E-state index in [0.717, 1.165) is 11.4 Å². The molecule has 0 saturated heterocycles.